The van der Waals surface area contributed by atoms with E-state index >= 15 is 0 Å². The lowest BCUT2D eigenvalue weighted by molar-refractivity contribution is 0.276. The molecule has 0 spiro atoms. The van der Waals surface area contributed by atoms with Gasteiger partial charge in [-0.2, -0.15) is 0 Å². The fraction of sp³-hybridized carbons (Fsp3) is 0.175. The van der Waals surface area contributed by atoms with Crippen LogP contribution in [0.4, 0.5) is 5.69 Å². The summed E-state index contributed by atoms with van der Waals surface area (Å²) < 4.78 is 30.3. The van der Waals surface area contributed by atoms with E-state index in [4.69, 9.17) is 23.4 Å². The van der Waals surface area contributed by atoms with Crippen LogP contribution in [0.2, 0.25) is 0 Å². The van der Waals surface area contributed by atoms with Crippen molar-refractivity contribution in [2.45, 2.75) is 26.7 Å². The van der Waals surface area contributed by atoms with Gasteiger partial charge >= 0.3 is 0 Å². The molecule has 1 aromatic heterocycles. The zero-order valence-corrected chi connectivity index (χ0v) is 26.8. The molecule has 5 aromatic carbocycles. The molecule has 0 saturated carbocycles. The molecule has 47 heavy (non-hydrogen) atoms. The smallest absolute Gasteiger partial charge is 0.205 e. The minimum atomic E-state index is -0.243. The summed E-state index contributed by atoms with van der Waals surface area (Å²) in [6.45, 7) is 4.19. The zero-order chi connectivity index (χ0) is 32.6. The number of hydrogen-bond donors (Lipinski definition) is 0. The van der Waals surface area contributed by atoms with E-state index in [9.17, 15) is 4.79 Å². The molecule has 238 valence electrons. The normalized spacial score (nSPS) is 10.9. The third-order valence-corrected chi connectivity index (χ3v) is 8.02. The van der Waals surface area contributed by atoms with Crippen molar-refractivity contribution in [1.82, 2.24) is 0 Å². The number of anilines is 1. The molecule has 7 nitrogen and oxygen atoms in total. The van der Waals surface area contributed by atoms with Crippen LogP contribution in [-0.2, 0) is 19.8 Å². The second kappa shape index (κ2) is 14.6. The first-order valence-corrected chi connectivity index (χ1v) is 15.6. The second-order valence-corrected chi connectivity index (χ2v) is 11.0. The molecule has 0 aliphatic rings. The Balaban J connectivity index is 1.36. The van der Waals surface area contributed by atoms with Crippen LogP contribution in [0.25, 0.3) is 22.3 Å². The van der Waals surface area contributed by atoms with Crippen LogP contribution in [0, 0.1) is 0 Å². The van der Waals surface area contributed by atoms with Crippen LogP contribution in [0.5, 0.6) is 23.0 Å². The topological polar surface area (TPSA) is 70.4 Å². The summed E-state index contributed by atoms with van der Waals surface area (Å²) in [6.07, 6.45) is 0. The average molecular weight is 628 g/mol. The Kier molecular flexibility index (Phi) is 9.73. The van der Waals surface area contributed by atoms with Crippen LogP contribution in [0.3, 0.4) is 0 Å². The maximum absolute atomic E-state index is 13.8. The monoisotopic (exact) mass is 627 g/mol. The number of rotatable bonds is 13. The Morgan fingerprint density at radius 3 is 1.89 bits per heavy atom. The highest BCUT2D eigenvalue weighted by molar-refractivity contribution is 5.92. The van der Waals surface area contributed by atoms with Crippen molar-refractivity contribution in [2.24, 2.45) is 0 Å². The molecule has 6 aromatic rings. The van der Waals surface area contributed by atoms with Gasteiger partial charge in [0.15, 0.2) is 16.8 Å². The number of ether oxygens (including phenoxy) is 4. The first kappa shape index (κ1) is 31.3. The molecule has 0 amide bonds. The number of benzene rings is 5. The van der Waals surface area contributed by atoms with Gasteiger partial charge in [0.05, 0.1) is 14.2 Å². The SMILES string of the molecule is CCN(Cc1ccccc1OC)c1ccc(-c2cc(=O)c3c(OCc4ccccc4)cc(OCc4ccccc4)c(OC)c3o2)cc1. The molecular weight excluding hydrogens is 590 g/mol. The predicted molar refractivity (Wildman–Crippen MR) is 186 cm³/mol. The summed E-state index contributed by atoms with van der Waals surface area (Å²) in [7, 11) is 3.23. The molecule has 0 fully saturated rings. The first-order chi connectivity index (χ1) is 23.1. The van der Waals surface area contributed by atoms with E-state index in [1.165, 1.54) is 13.2 Å². The van der Waals surface area contributed by atoms with Gasteiger partial charge in [0.1, 0.15) is 35.9 Å². The molecule has 6 rings (SSSR count). The highest BCUT2D eigenvalue weighted by Gasteiger charge is 2.22. The van der Waals surface area contributed by atoms with Gasteiger partial charge in [0.25, 0.3) is 0 Å². The fourth-order valence-electron chi connectivity index (χ4n) is 5.54. The molecule has 0 N–H and O–H groups in total. The number of nitrogens with zero attached hydrogens (tertiary/aromatic N) is 1. The minimum Gasteiger partial charge on any atom is -0.496 e. The fourth-order valence-corrected chi connectivity index (χ4v) is 5.54. The van der Waals surface area contributed by atoms with Crippen molar-refractivity contribution in [2.75, 3.05) is 25.7 Å². The van der Waals surface area contributed by atoms with Gasteiger partial charge in [-0.1, -0.05) is 78.9 Å². The van der Waals surface area contributed by atoms with Crippen LogP contribution in [-0.4, -0.2) is 20.8 Å². The Hall–Kier alpha value is -5.69. The van der Waals surface area contributed by atoms with E-state index in [-0.39, 0.29) is 17.6 Å². The maximum atomic E-state index is 13.8. The number of fused-ring (bicyclic) bond motifs is 1. The number of methoxy groups -OCH3 is 2. The number of hydrogen-bond acceptors (Lipinski definition) is 7. The Labute approximate surface area is 274 Å². The zero-order valence-electron chi connectivity index (χ0n) is 26.8. The molecule has 0 atom stereocenters. The molecule has 0 radical (unpaired) electrons. The van der Waals surface area contributed by atoms with Gasteiger partial charge in [-0.05, 0) is 48.4 Å². The highest BCUT2D eigenvalue weighted by atomic mass is 16.5. The molecular formula is C40H37NO6. The van der Waals surface area contributed by atoms with Gasteiger partial charge < -0.3 is 28.3 Å². The minimum absolute atomic E-state index is 0.243. The number of para-hydroxylation sites is 1. The van der Waals surface area contributed by atoms with Crippen molar-refractivity contribution in [3.63, 3.8) is 0 Å². The molecule has 0 saturated heterocycles. The van der Waals surface area contributed by atoms with Crippen LogP contribution in [0.1, 0.15) is 23.6 Å². The lowest BCUT2D eigenvalue weighted by Crippen LogP contribution is -2.22. The Bertz CT molecular complexity index is 1990. The second-order valence-electron chi connectivity index (χ2n) is 11.0. The van der Waals surface area contributed by atoms with E-state index in [1.807, 2.05) is 103 Å². The van der Waals surface area contributed by atoms with E-state index in [0.717, 1.165) is 40.2 Å². The van der Waals surface area contributed by atoms with Gasteiger partial charge in [-0.25, -0.2) is 0 Å². The highest BCUT2D eigenvalue weighted by Crippen LogP contribution is 2.42. The van der Waals surface area contributed by atoms with Crippen LogP contribution < -0.4 is 29.3 Å². The summed E-state index contributed by atoms with van der Waals surface area (Å²) in [5.41, 5.74) is 4.87. The third-order valence-electron chi connectivity index (χ3n) is 8.02. The van der Waals surface area contributed by atoms with Crippen molar-refractivity contribution >= 4 is 16.7 Å². The van der Waals surface area contributed by atoms with Crippen molar-refractivity contribution in [3.05, 3.63) is 148 Å². The standard InChI is InChI=1S/C40H37NO6/c1-4-41(25-31-17-11-12-18-34(31)43-2)32-21-19-30(20-22-32)35-23-33(42)38-36(45-26-28-13-7-5-8-14-28)24-37(39(44-3)40(38)47-35)46-27-29-15-9-6-10-16-29/h5-24H,4,25-27H2,1-3H3. The third kappa shape index (κ3) is 7.10. The molecule has 0 aliphatic carbocycles. The van der Waals surface area contributed by atoms with Crippen molar-refractivity contribution in [1.29, 1.82) is 0 Å². The Morgan fingerprint density at radius 2 is 1.28 bits per heavy atom. The van der Waals surface area contributed by atoms with Crippen molar-refractivity contribution in [3.8, 4) is 34.3 Å². The summed E-state index contributed by atoms with van der Waals surface area (Å²) >= 11 is 0. The molecule has 1 heterocycles. The summed E-state index contributed by atoms with van der Waals surface area (Å²) in [4.78, 5) is 16.1. The van der Waals surface area contributed by atoms with E-state index < -0.39 is 0 Å². The molecule has 0 unspecified atom stereocenters. The van der Waals surface area contributed by atoms with E-state index in [1.54, 1.807) is 13.2 Å². The van der Waals surface area contributed by atoms with Gasteiger partial charge in [-0.15, -0.1) is 0 Å². The Morgan fingerprint density at radius 1 is 0.660 bits per heavy atom. The average Bonchev–Trinajstić information content (AvgIpc) is 3.12. The van der Waals surface area contributed by atoms with E-state index in [0.29, 0.717) is 41.5 Å². The molecule has 0 aliphatic heterocycles. The summed E-state index contributed by atoms with van der Waals surface area (Å²) in [5, 5.41) is 0.291. The van der Waals surface area contributed by atoms with Gasteiger partial charge in [0.2, 0.25) is 5.75 Å². The quantitative estimate of drug-likeness (QED) is 0.127. The van der Waals surface area contributed by atoms with Crippen LogP contribution >= 0.6 is 0 Å². The van der Waals surface area contributed by atoms with E-state index in [2.05, 4.69) is 17.9 Å². The molecule has 7 heteroatoms. The van der Waals surface area contributed by atoms with Gasteiger partial charge in [-0.3, -0.25) is 4.79 Å². The maximum Gasteiger partial charge on any atom is 0.205 e. The van der Waals surface area contributed by atoms with Gasteiger partial charge in [0, 0.05) is 42.0 Å². The lowest BCUT2D eigenvalue weighted by atomic mass is 10.1. The van der Waals surface area contributed by atoms with Crippen molar-refractivity contribution < 1.29 is 23.4 Å². The van der Waals surface area contributed by atoms with Crippen LogP contribution in [0.15, 0.2) is 131 Å². The predicted octanol–water partition coefficient (Wildman–Crippen LogP) is 8.66. The summed E-state index contributed by atoms with van der Waals surface area (Å²) in [5.74, 6) is 2.37. The summed E-state index contributed by atoms with van der Waals surface area (Å²) in [6, 6.07) is 38.8. The lowest BCUT2D eigenvalue weighted by Gasteiger charge is -2.24. The first-order valence-electron chi connectivity index (χ1n) is 15.6. The largest absolute Gasteiger partial charge is 0.496 e. The molecule has 0 bridgehead atoms.